The van der Waals surface area contributed by atoms with E-state index in [2.05, 4.69) is 0 Å². The number of esters is 1. The van der Waals surface area contributed by atoms with Gasteiger partial charge >= 0.3 is 18.0 Å². The molecule has 0 saturated carbocycles. The molecule has 21 heavy (non-hydrogen) atoms. The highest BCUT2D eigenvalue weighted by molar-refractivity contribution is 5.81. The summed E-state index contributed by atoms with van der Waals surface area (Å²) in [5, 5.41) is 8.76. The number of amides is 2. The van der Waals surface area contributed by atoms with Gasteiger partial charge in [0.15, 0.2) is 0 Å². The maximum Gasteiger partial charge on any atom is 0.325 e. The molecule has 122 valence electrons. The van der Waals surface area contributed by atoms with Gasteiger partial charge in [0.25, 0.3) is 0 Å². The van der Waals surface area contributed by atoms with Crippen LogP contribution in [0.25, 0.3) is 0 Å². The van der Waals surface area contributed by atoms with Crippen molar-refractivity contribution in [3.8, 4) is 0 Å². The van der Waals surface area contributed by atoms with Gasteiger partial charge in [0.2, 0.25) is 0 Å². The number of carbonyl (C=O) groups is 3. The zero-order valence-electron chi connectivity index (χ0n) is 13.5. The van der Waals surface area contributed by atoms with Crippen LogP contribution in [0, 0.1) is 0 Å². The summed E-state index contributed by atoms with van der Waals surface area (Å²) in [7, 11) is 0. The molecular weight excluding hydrogens is 276 g/mol. The van der Waals surface area contributed by atoms with Crippen LogP contribution in [0.5, 0.6) is 0 Å². The molecule has 1 N–H and O–H groups in total. The van der Waals surface area contributed by atoms with Gasteiger partial charge in [0.1, 0.15) is 6.54 Å². The van der Waals surface area contributed by atoms with E-state index in [9.17, 15) is 14.4 Å². The standard InChI is InChI=1S/C14H26N2O5/c1-6-21-13(19)9-16(11(4)5)14(20)15(10(2)3)8-7-12(17)18/h10-11H,6-9H2,1-5H3,(H,17,18). The van der Waals surface area contributed by atoms with E-state index < -0.39 is 11.9 Å². The number of hydrogen-bond acceptors (Lipinski definition) is 4. The first-order chi connectivity index (χ1) is 9.70. The summed E-state index contributed by atoms with van der Waals surface area (Å²) < 4.78 is 4.87. The highest BCUT2D eigenvalue weighted by Crippen LogP contribution is 2.10. The third kappa shape index (κ3) is 6.97. The van der Waals surface area contributed by atoms with E-state index in [-0.39, 0.29) is 44.2 Å². The number of carbonyl (C=O) groups excluding carboxylic acids is 2. The number of urea groups is 1. The van der Waals surface area contributed by atoms with Gasteiger partial charge in [0, 0.05) is 18.6 Å². The third-order valence-corrected chi connectivity index (χ3v) is 2.91. The Morgan fingerprint density at radius 3 is 1.95 bits per heavy atom. The summed E-state index contributed by atoms with van der Waals surface area (Å²) in [5.74, 6) is -1.43. The minimum Gasteiger partial charge on any atom is -0.481 e. The fraction of sp³-hybridized carbons (Fsp3) is 0.786. The van der Waals surface area contributed by atoms with Gasteiger partial charge in [-0.15, -0.1) is 0 Å². The average molecular weight is 302 g/mol. The molecule has 0 aliphatic rings. The van der Waals surface area contributed by atoms with Gasteiger partial charge in [0.05, 0.1) is 13.0 Å². The highest BCUT2D eigenvalue weighted by Gasteiger charge is 2.27. The molecule has 0 radical (unpaired) electrons. The number of hydrogen-bond donors (Lipinski definition) is 1. The Morgan fingerprint density at radius 1 is 1.05 bits per heavy atom. The lowest BCUT2D eigenvalue weighted by atomic mass is 10.2. The first-order valence-electron chi connectivity index (χ1n) is 7.15. The quantitative estimate of drug-likeness (QED) is 0.688. The molecule has 2 amide bonds. The van der Waals surface area contributed by atoms with E-state index in [0.717, 1.165) is 0 Å². The topological polar surface area (TPSA) is 87.2 Å². The molecule has 0 aliphatic heterocycles. The SMILES string of the molecule is CCOC(=O)CN(C(=O)N(CCC(=O)O)C(C)C)C(C)C. The maximum absolute atomic E-state index is 12.5. The molecular formula is C14H26N2O5. The van der Waals surface area contributed by atoms with Gasteiger partial charge in [-0.05, 0) is 34.6 Å². The molecule has 0 heterocycles. The zero-order valence-corrected chi connectivity index (χ0v) is 13.5. The van der Waals surface area contributed by atoms with E-state index in [4.69, 9.17) is 9.84 Å². The first-order valence-corrected chi connectivity index (χ1v) is 7.15. The second-order valence-corrected chi connectivity index (χ2v) is 5.24. The molecule has 0 fully saturated rings. The van der Waals surface area contributed by atoms with Crippen molar-refractivity contribution in [2.75, 3.05) is 19.7 Å². The zero-order chi connectivity index (χ0) is 16.6. The Bertz CT molecular complexity index is 368. The summed E-state index contributed by atoms with van der Waals surface area (Å²) in [6, 6.07) is -0.692. The van der Waals surface area contributed by atoms with Crippen LogP contribution in [0.2, 0.25) is 0 Å². The normalized spacial score (nSPS) is 10.6. The minimum atomic E-state index is -0.963. The van der Waals surface area contributed by atoms with Crippen molar-refractivity contribution < 1.29 is 24.2 Å². The molecule has 7 nitrogen and oxygen atoms in total. The second-order valence-electron chi connectivity index (χ2n) is 5.24. The first kappa shape index (κ1) is 19.2. The van der Waals surface area contributed by atoms with Crippen LogP contribution in [-0.4, -0.2) is 64.7 Å². The van der Waals surface area contributed by atoms with Crippen molar-refractivity contribution in [1.82, 2.24) is 9.80 Å². The predicted octanol–water partition coefficient (Wildman–Crippen LogP) is 1.56. The van der Waals surface area contributed by atoms with Crippen LogP contribution >= 0.6 is 0 Å². The van der Waals surface area contributed by atoms with Crippen molar-refractivity contribution in [1.29, 1.82) is 0 Å². The van der Waals surface area contributed by atoms with Crippen molar-refractivity contribution in [3.05, 3.63) is 0 Å². The lowest BCUT2D eigenvalue weighted by Gasteiger charge is -2.34. The van der Waals surface area contributed by atoms with Crippen LogP contribution in [0.15, 0.2) is 0 Å². The lowest BCUT2D eigenvalue weighted by molar-refractivity contribution is -0.144. The largest absolute Gasteiger partial charge is 0.481 e. The molecule has 7 heteroatoms. The molecule has 0 saturated heterocycles. The van der Waals surface area contributed by atoms with Gasteiger partial charge < -0.3 is 19.6 Å². The molecule has 0 aromatic carbocycles. The van der Waals surface area contributed by atoms with Crippen LogP contribution < -0.4 is 0 Å². The summed E-state index contributed by atoms with van der Waals surface area (Å²) >= 11 is 0. The summed E-state index contributed by atoms with van der Waals surface area (Å²) in [6.07, 6.45) is -0.130. The average Bonchev–Trinajstić information content (AvgIpc) is 2.35. The van der Waals surface area contributed by atoms with E-state index in [1.54, 1.807) is 20.8 Å². The van der Waals surface area contributed by atoms with E-state index in [0.29, 0.717) is 0 Å². The molecule has 0 aromatic rings. The van der Waals surface area contributed by atoms with E-state index in [1.807, 2.05) is 13.8 Å². The molecule has 0 atom stereocenters. The van der Waals surface area contributed by atoms with Gasteiger partial charge in [-0.3, -0.25) is 9.59 Å². The fourth-order valence-corrected chi connectivity index (χ4v) is 1.77. The van der Waals surface area contributed by atoms with Crippen molar-refractivity contribution in [3.63, 3.8) is 0 Å². The number of nitrogens with zero attached hydrogens (tertiary/aromatic N) is 2. The maximum atomic E-state index is 12.5. The van der Waals surface area contributed by atoms with Crippen LogP contribution in [0.4, 0.5) is 4.79 Å². The van der Waals surface area contributed by atoms with Crippen LogP contribution in [-0.2, 0) is 14.3 Å². The fourth-order valence-electron chi connectivity index (χ4n) is 1.77. The van der Waals surface area contributed by atoms with Crippen molar-refractivity contribution in [2.24, 2.45) is 0 Å². The molecule has 0 spiro atoms. The predicted molar refractivity (Wildman–Crippen MR) is 78.0 cm³/mol. The van der Waals surface area contributed by atoms with Gasteiger partial charge in [-0.25, -0.2) is 4.79 Å². The van der Waals surface area contributed by atoms with Gasteiger partial charge in [-0.2, -0.15) is 0 Å². The van der Waals surface area contributed by atoms with E-state index in [1.165, 1.54) is 9.80 Å². The number of carboxylic acid groups (broad SMARTS) is 1. The van der Waals surface area contributed by atoms with Crippen molar-refractivity contribution >= 4 is 18.0 Å². The summed E-state index contributed by atoms with van der Waals surface area (Å²) in [6.45, 7) is 9.14. The number of ether oxygens (including phenoxy) is 1. The van der Waals surface area contributed by atoms with Gasteiger partial charge in [-0.1, -0.05) is 0 Å². The molecule has 0 aromatic heterocycles. The lowest BCUT2D eigenvalue weighted by Crippen LogP contribution is -2.51. The molecule has 0 aliphatic carbocycles. The van der Waals surface area contributed by atoms with Crippen LogP contribution in [0.3, 0.4) is 0 Å². The highest BCUT2D eigenvalue weighted by atomic mass is 16.5. The minimum absolute atomic E-state index is 0.109. The Morgan fingerprint density at radius 2 is 1.57 bits per heavy atom. The number of carboxylic acids is 1. The van der Waals surface area contributed by atoms with Crippen molar-refractivity contribution in [2.45, 2.75) is 53.1 Å². The third-order valence-electron chi connectivity index (χ3n) is 2.91. The monoisotopic (exact) mass is 302 g/mol. The summed E-state index contributed by atoms with van der Waals surface area (Å²) in [5.41, 5.74) is 0. The Kier molecular flexibility index (Phi) is 8.42. The number of rotatable bonds is 8. The molecule has 0 bridgehead atoms. The Hall–Kier alpha value is -1.79. The Balaban J connectivity index is 4.95. The molecule has 0 unspecified atom stereocenters. The molecule has 0 rings (SSSR count). The number of aliphatic carboxylic acids is 1. The van der Waals surface area contributed by atoms with Crippen LogP contribution in [0.1, 0.15) is 41.0 Å². The second kappa shape index (κ2) is 9.20. The Labute approximate surface area is 125 Å². The van der Waals surface area contributed by atoms with E-state index >= 15 is 0 Å². The smallest absolute Gasteiger partial charge is 0.325 e. The summed E-state index contributed by atoms with van der Waals surface area (Å²) in [4.78, 5) is 37.7.